The highest BCUT2D eigenvalue weighted by Crippen LogP contribution is 2.14. The van der Waals surface area contributed by atoms with Gasteiger partial charge in [-0.1, -0.05) is 49.5 Å². The van der Waals surface area contributed by atoms with Crippen molar-refractivity contribution in [3.8, 4) is 0 Å². The number of carbonyl (C=O) groups excluding carboxylic acids is 1. The van der Waals surface area contributed by atoms with E-state index in [2.05, 4.69) is 41.6 Å². The molecule has 0 radical (unpaired) electrons. The van der Waals surface area contributed by atoms with Crippen molar-refractivity contribution in [2.75, 3.05) is 46.1 Å². The zero-order chi connectivity index (χ0) is 24.1. The molecule has 7 heteroatoms. The Morgan fingerprint density at radius 3 is 2.71 bits per heavy atom. The molecule has 1 amide bonds. The molecule has 0 atom stereocenters. The molecule has 0 aromatic heterocycles. The number of hydrogen-bond donors (Lipinski definition) is 1. The highest BCUT2D eigenvalue weighted by Gasteiger charge is 2.08. The van der Waals surface area contributed by atoms with Crippen LogP contribution in [-0.4, -0.2) is 63.4 Å². The Labute approximate surface area is 204 Å². The Kier molecular flexibility index (Phi) is 15.2. The number of ether oxygens (including phenoxy) is 3. The molecule has 7 nitrogen and oxygen atoms in total. The molecule has 1 heterocycles. The predicted octanol–water partition coefficient (Wildman–Crippen LogP) is 5.29. The topological polar surface area (TPSA) is 72.4 Å². The number of rotatable bonds is 16. The van der Waals surface area contributed by atoms with E-state index in [9.17, 15) is 4.79 Å². The van der Waals surface area contributed by atoms with Gasteiger partial charge in [-0.2, -0.15) is 5.10 Å². The Balaban J connectivity index is 1.53. The van der Waals surface area contributed by atoms with Gasteiger partial charge < -0.3 is 19.5 Å². The van der Waals surface area contributed by atoms with Crippen LogP contribution in [0.2, 0.25) is 0 Å². The number of allylic oxidation sites excluding steroid dienone is 8. The third-order valence-electron chi connectivity index (χ3n) is 5.22. The van der Waals surface area contributed by atoms with Gasteiger partial charge in [-0.05, 0) is 49.7 Å². The van der Waals surface area contributed by atoms with Crippen molar-refractivity contribution >= 4 is 12.3 Å². The second-order valence-corrected chi connectivity index (χ2v) is 8.15. The maximum atomic E-state index is 12.0. The molecule has 34 heavy (non-hydrogen) atoms. The lowest BCUT2D eigenvalue weighted by Crippen LogP contribution is -2.25. The summed E-state index contributed by atoms with van der Waals surface area (Å²) in [6.45, 7) is 6.37. The summed E-state index contributed by atoms with van der Waals surface area (Å²) in [5.41, 5.74) is 2.52. The van der Waals surface area contributed by atoms with Crippen LogP contribution in [0, 0.1) is 0 Å². The molecular weight excluding hydrogens is 430 g/mol. The summed E-state index contributed by atoms with van der Waals surface area (Å²) in [5.74, 6) is 0. The largest absolute Gasteiger partial charge is 0.449 e. The van der Waals surface area contributed by atoms with E-state index < -0.39 is 0 Å². The lowest BCUT2D eigenvalue weighted by molar-refractivity contribution is 0.0428. The van der Waals surface area contributed by atoms with Gasteiger partial charge in [-0.25, -0.2) is 4.79 Å². The van der Waals surface area contributed by atoms with E-state index in [4.69, 9.17) is 14.2 Å². The first-order valence-corrected chi connectivity index (χ1v) is 12.5. The van der Waals surface area contributed by atoms with Crippen molar-refractivity contribution in [2.45, 2.75) is 51.9 Å². The predicted molar refractivity (Wildman–Crippen MR) is 138 cm³/mol. The zero-order valence-corrected chi connectivity index (χ0v) is 20.6. The third-order valence-corrected chi connectivity index (χ3v) is 5.22. The van der Waals surface area contributed by atoms with Crippen molar-refractivity contribution in [1.82, 2.24) is 10.3 Å². The number of nitrogens with zero attached hydrogens (tertiary/aromatic N) is 2. The molecular formula is C27H41N3O4. The second kappa shape index (κ2) is 18.7. The molecule has 1 N–H and O–H groups in total. The van der Waals surface area contributed by atoms with Crippen LogP contribution in [0.4, 0.5) is 4.79 Å². The average Bonchev–Trinajstić information content (AvgIpc) is 3.04. The molecule has 2 rings (SSSR count). The fourth-order valence-electron chi connectivity index (χ4n) is 3.40. The second-order valence-electron chi connectivity index (χ2n) is 8.15. The molecule has 0 bridgehead atoms. The Morgan fingerprint density at radius 2 is 1.82 bits per heavy atom. The van der Waals surface area contributed by atoms with E-state index >= 15 is 0 Å². The van der Waals surface area contributed by atoms with Crippen LogP contribution in [-0.2, 0) is 14.2 Å². The maximum absolute atomic E-state index is 12.0. The van der Waals surface area contributed by atoms with E-state index in [1.54, 1.807) is 0 Å². The summed E-state index contributed by atoms with van der Waals surface area (Å²) >= 11 is 0. The van der Waals surface area contributed by atoms with Gasteiger partial charge in [0.15, 0.2) is 0 Å². The molecule has 0 fully saturated rings. The van der Waals surface area contributed by atoms with Crippen LogP contribution >= 0.6 is 0 Å². The van der Waals surface area contributed by atoms with Crippen LogP contribution in [0.5, 0.6) is 0 Å². The lowest BCUT2D eigenvalue weighted by atomic mass is 10.1. The number of nitrogens with one attached hydrogen (secondary N) is 1. The van der Waals surface area contributed by atoms with E-state index in [0.717, 1.165) is 45.1 Å². The Bertz CT molecular complexity index is 753. The van der Waals surface area contributed by atoms with Gasteiger partial charge >= 0.3 is 6.09 Å². The minimum absolute atomic E-state index is 0.348. The number of amides is 1. The molecule has 188 valence electrons. The van der Waals surface area contributed by atoms with Crippen LogP contribution in [0.3, 0.4) is 0 Å². The van der Waals surface area contributed by atoms with Crippen molar-refractivity contribution in [2.24, 2.45) is 5.10 Å². The molecule has 2 aliphatic rings. The van der Waals surface area contributed by atoms with Crippen molar-refractivity contribution in [3.05, 3.63) is 59.9 Å². The van der Waals surface area contributed by atoms with Gasteiger partial charge in [0, 0.05) is 32.0 Å². The molecule has 1 aliphatic heterocycles. The van der Waals surface area contributed by atoms with Gasteiger partial charge in [0.2, 0.25) is 0 Å². The summed E-state index contributed by atoms with van der Waals surface area (Å²) in [7, 11) is 0. The van der Waals surface area contributed by atoms with Gasteiger partial charge in [0.05, 0.1) is 33.0 Å². The Morgan fingerprint density at radius 1 is 1.00 bits per heavy atom. The fourth-order valence-corrected chi connectivity index (χ4v) is 3.40. The average molecular weight is 472 g/mol. The molecule has 0 unspecified atom stereocenters. The summed E-state index contributed by atoms with van der Waals surface area (Å²) in [6.07, 6.45) is 24.5. The summed E-state index contributed by atoms with van der Waals surface area (Å²) in [4.78, 5) is 12.0. The summed E-state index contributed by atoms with van der Waals surface area (Å²) < 4.78 is 16.4. The standard InChI is InChI=1S/C27H41N3O4/c1-2-19-32-22-23-33-21-18-30-24-26(14-10-17-29-30)15-20-34-27(31)28-16-9-8-13-25-11-6-4-3-5-7-12-25/h3-7,11-12,17,24H,2,8-10,13-16,18-23H2,1H3,(H,28,31)/b4-3-,5-3?,6-4?,7-5-,11-6-,12-7?,25-11?,25-12+. The minimum Gasteiger partial charge on any atom is -0.449 e. The van der Waals surface area contributed by atoms with Gasteiger partial charge in [0.25, 0.3) is 0 Å². The van der Waals surface area contributed by atoms with E-state index in [-0.39, 0.29) is 6.09 Å². The van der Waals surface area contributed by atoms with Crippen LogP contribution in [0.15, 0.2) is 65.0 Å². The highest BCUT2D eigenvalue weighted by molar-refractivity contribution is 5.67. The highest BCUT2D eigenvalue weighted by atomic mass is 16.5. The summed E-state index contributed by atoms with van der Waals surface area (Å²) in [5, 5.41) is 9.20. The van der Waals surface area contributed by atoms with Crippen LogP contribution in [0.1, 0.15) is 51.9 Å². The van der Waals surface area contributed by atoms with Crippen molar-refractivity contribution < 1.29 is 19.0 Å². The van der Waals surface area contributed by atoms with E-state index in [0.29, 0.717) is 45.9 Å². The quantitative estimate of drug-likeness (QED) is 0.310. The number of carbonyl (C=O) groups is 1. The monoisotopic (exact) mass is 471 g/mol. The molecule has 1 aliphatic carbocycles. The van der Waals surface area contributed by atoms with E-state index in [1.807, 2.05) is 35.7 Å². The molecule has 0 saturated carbocycles. The van der Waals surface area contributed by atoms with Gasteiger partial charge in [-0.15, -0.1) is 0 Å². The zero-order valence-electron chi connectivity index (χ0n) is 20.6. The number of hydrazone groups is 1. The molecule has 0 spiro atoms. The number of hydrogen-bond acceptors (Lipinski definition) is 6. The summed E-state index contributed by atoms with van der Waals surface area (Å²) in [6, 6.07) is 0. The maximum Gasteiger partial charge on any atom is 0.407 e. The minimum atomic E-state index is -0.348. The van der Waals surface area contributed by atoms with Crippen molar-refractivity contribution in [1.29, 1.82) is 0 Å². The lowest BCUT2D eigenvalue weighted by Gasteiger charge is -2.15. The first-order chi connectivity index (χ1) is 16.8. The van der Waals surface area contributed by atoms with Crippen LogP contribution in [0.25, 0.3) is 0 Å². The van der Waals surface area contributed by atoms with Gasteiger partial charge in [0.1, 0.15) is 0 Å². The molecule has 0 aromatic carbocycles. The van der Waals surface area contributed by atoms with Crippen molar-refractivity contribution in [3.63, 3.8) is 0 Å². The normalized spacial score (nSPS) is 19.7. The van der Waals surface area contributed by atoms with Crippen LogP contribution < -0.4 is 5.32 Å². The Hall–Kier alpha value is -2.64. The molecule has 0 aromatic rings. The molecule has 0 saturated heterocycles. The first kappa shape index (κ1) is 27.6. The third kappa shape index (κ3) is 13.8. The van der Waals surface area contributed by atoms with E-state index in [1.165, 1.54) is 11.1 Å². The SMILES string of the molecule is CCCOCCOCCN1C=C(CCOC(=O)NCCCCC2=C/C=C\C=C/C=C\2)CCC=N1. The first-order valence-electron chi connectivity index (χ1n) is 12.5. The fraction of sp³-hybridized carbons (Fsp3) is 0.556. The number of alkyl carbamates (subject to hydrolysis) is 1. The number of unbranched alkanes of at least 4 members (excludes halogenated alkanes) is 1. The smallest absolute Gasteiger partial charge is 0.407 e. The van der Waals surface area contributed by atoms with Gasteiger partial charge in [-0.3, -0.25) is 5.01 Å².